The summed E-state index contributed by atoms with van der Waals surface area (Å²) in [7, 11) is 0. The van der Waals surface area contributed by atoms with Crippen molar-refractivity contribution in [2.75, 3.05) is 4.90 Å². The number of amides is 1. The first kappa shape index (κ1) is 29.2. The quantitative estimate of drug-likeness (QED) is 0.124. The molecule has 11 nitrogen and oxygen atoms in total. The third-order valence-electron chi connectivity index (χ3n) is 5.32. The van der Waals surface area contributed by atoms with Crippen LogP contribution in [0.5, 0.6) is 5.75 Å². The predicted molar refractivity (Wildman–Crippen MR) is 161 cm³/mol. The molecule has 1 amide bonds. The summed E-state index contributed by atoms with van der Waals surface area (Å²) in [6, 6.07) is 17.4. The molecule has 0 spiro atoms. The summed E-state index contributed by atoms with van der Waals surface area (Å²) in [5.41, 5.74) is 1.50. The Morgan fingerprint density at radius 3 is 1.85 bits per heavy atom. The van der Waals surface area contributed by atoms with Gasteiger partial charge in [0.05, 0.1) is 31.7 Å². The molecule has 1 aliphatic rings. The Kier molecular flexibility index (Phi) is 9.30. The highest BCUT2D eigenvalue weighted by atomic mass is 35.5. The van der Waals surface area contributed by atoms with Gasteiger partial charge in [-0.1, -0.05) is 23.2 Å². The number of non-ortho nitro benzene ring substituents is 2. The number of benzene rings is 3. The van der Waals surface area contributed by atoms with Crippen molar-refractivity contribution in [3.8, 4) is 5.75 Å². The predicted octanol–water partition coefficient (Wildman–Crippen LogP) is 7.07. The number of carbonyl (C=O) groups is 1. The number of phenolic OH excluding ortho intramolecular Hbond substituents is 1. The molecule has 1 saturated heterocycles. The largest absolute Gasteiger partial charge is 0.508 e. The van der Waals surface area contributed by atoms with E-state index in [4.69, 9.17) is 23.2 Å². The number of thioether (sulfide) groups is 1. The highest BCUT2D eigenvalue weighted by Crippen LogP contribution is 2.36. The summed E-state index contributed by atoms with van der Waals surface area (Å²) < 4.78 is 0. The van der Waals surface area contributed by atoms with Crippen LogP contribution in [0.2, 0.25) is 0 Å². The van der Waals surface area contributed by atoms with Gasteiger partial charge in [0, 0.05) is 29.3 Å². The summed E-state index contributed by atoms with van der Waals surface area (Å²) in [6.07, 6.45) is 5.77. The zero-order valence-electron chi connectivity index (χ0n) is 20.6. The van der Waals surface area contributed by atoms with Gasteiger partial charge in [-0.2, -0.15) is 5.10 Å². The third-order valence-corrected chi connectivity index (χ3v) is 6.71. The number of rotatable bonds is 8. The third kappa shape index (κ3) is 7.66. The van der Waals surface area contributed by atoms with Gasteiger partial charge >= 0.3 is 0 Å². The number of phenols is 1. The highest BCUT2D eigenvalue weighted by molar-refractivity contribution is 8.19. The molecule has 4 rings (SSSR count). The van der Waals surface area contributed by atoms with Crippen molar-refractivity contribution in [2.45, 2.75) is 0 Å². The van der Waals surface area contributed by atoms with Gasteiger partial charge < -0.3 is 5.11 Å². The molecule has 1 aliphatic heterocycles. The molecule has 3 aromatic carbocycles. The van der Waals surface area contributed by atoms with Crippen LogP contribution in [0, 0.1) is 20.2 Å². The van der Waals surface area contributed by atoms with Crippen LogP contribution in [0.3, 0.4) is 0 Å². The van der Waals surface area contributed by atoms with E-state index in [1.165, 1.54) is 96.1 Å². The van der Waals surface area contributed by atoms with E-state index in [9.17, 15) is 30.1 Å². The Morgan fingerprint density at radius 2 is 1.34 bits per heavy atom. The molecule has 14 heteroatoms. The Hall–Kier alpha value is -4.78. The van der Waals surface area contributed by atoms with E-state index in [-0.39, 0.29) is 37.3 Å². The normalized spacial score (nSPS) is 16.2. The van der Waals surface area contributed by atoms with Gasteiger partial charge in [-0.25, -0.2) is 0 Å². The van der Waals surface area contributed by atoms with Gasteiger partial charge in [0.15, 0.2) is 0 Å². The summed E-state index contributed by atoms with van der Waals surface area (Å²) in [5.74, 6) is -0.435. The van der Waals surface area contributed by atoms with E-state index in [2.05, 4.69) is 10.2 Å². The number of hydrogen-bond acceptors (Lipinski definition) is 9. The number of aromatic hydroxyl groups is 1. The van der Waals surface area contributed by atoms with Crippen LogP contribution in [0.4, 0.5) is 17.1 Å². The minimum absolute atomic E-state index is 0.0116. The number of amidine groups is 1. The van der Waals surface area contributed by atoms with Crippen molar-refractivity contribution in [2.24, 2.45) is 10.2 Å². The van der Waals surface area contributed by atoms with E-state index in [1.54, 1.807) is 6.08 Å². The van der Waals surface area contributed by atoms with Gasteiger partial charge in [-0.15, -0.1) is 5.10 Å². The average Bonchev–Trinajstić information content (AvgIpc) is 3.23. The first-order valence-electron chi connectivity index (χ1n) is 11.5. The number of carbonyl (C=O) groups excluding carboxylic acids is 1. The molecular weight excluding hydrogens is 593 g/mol. The van der Waals surface area contributed by atoms with Crippen LogP contribution in [-0.4, -0.2) is 32.2 Å². The lowest BCUT2D eigenvalue weighted by molar-refractivity contribution is -0.385. The summed E-state index contributed by atoms with van der Waals surface area (Å²) in [4.78, 5) is 35.5. The van der Waals surface area contributed by atoms with E-state index in [1.807, 2.05) is 0 Å². The van der Waals surface area contributed by atoms with Crippen LogP contribution in [0.15, 0.2) is 104 Å². The standard InChI is InChI=1S/C27H17Cl2N5O6S/c28-19(13-17-1-5-22(6-2-17)33(37)38)15-25-26(36)32(21-9-11-24(35)12-10-21)27(41-25)31-30-16-20(29)14-18-3-7-23(8-4-18)34(39)40/h1-16,35H/b19-13+,20-14-,25-15-,30-16+,31-27-. The molecule has 1 heterocycles. The van der Waals surface area contributed by atoms with Crippen LogP contribution in [-0.2, 0) is 4.79 Å². The lowest BCUT2D eigenvalue weighted by Crippen LogP contribution is -2.28. The maximum atomic E-state index is 13.3. The fourth-order valence-electron chi connectivity index (χ4n) is 3.41. The first-order chi connectivity index (χ1) is 19.6. The minimum Gasteiger partial charge on any atom is -0.508 e. The zero-order valence-corrected chi connectivity index (χ0v) is 23.0. The van der Waals surface area contributed by atoms with E-state index >= 15 is 0 Å². The Labute approximate surface area is 246 Å². The SMILES string of the molecule is O=C1/C(=C/C(Cl)=C\c2ccc([N+](=O)[O-])cc2)S\C(=N/N=C/C(Cl)=C/c2ccc([N+](=O)[O-])cc2)N1c1ccc(O)cc1. The Morgan fingerprint density at radius 1 is 0.829 bits per heavy atom. The van der Waals surface area contributed by atoms with Crippen LogP contribution in [0.25, 0.3) is 12.2 Å². The molecule has 3 aromatic rings. The Balaban J connectivity index is 1.59. The number of nitrogens with zero attached hydrogens (tertiary/aromatic N) is 5. The minimum atomic E-state index is -0.509. The van der Waals surface area contributed by atoms with Gasteiger partial charge in [-0.05, 0) is 89.6 Å². The summed E-state index contributed by atoms with van der Waals surface area (Å²) in [6.45, 7) is 0. The lowest BCUT2D eigenvalue weighted by atomic mass is 10.2. The van der Waals surface area contributed by atoms with Crippen molar-refractivity contribution < 1.29 is 19.7 Å². The summed E-state index contributed by atoms with van der Waals surface area (Å²) >= 11 is 13.6. The van der Waals surface area contributed by atoms with Crippen molar-refractivity contribution in [3.05, 3.63) is 125 Å². The maximum Gasteiger partial charge on any atom is 0.271 e. The first-order valence-corrected chi connectivity index (χ1v) is 13.1. The monoisotopic (exact) mass is 609 g/mol. The fraction of sp³-hybridized carbons (Fsp3) is 0. The lowest BCUT2D eigenvalue weighted by Gasteiger charge is -2.14. The number of hydrogen-bond donors (Lipinski definition) is 1. The molecule has 0 unspecified atom stereocenters. The second-order valence-electron chi connectivity index (χ2n) is 8.15. The number of halogens is 2. The van der Waals surface area contributed by atoms with Crippen molar-refractivity contribution >= 4 is 81.5 Å². The van der Waals surface area contributed by atoms with E-state index in [0.29, 0.717) is 16.8 Å². The number of nitro groups is 2. The van der Waals surface area contributed by atoms with Gasteiger partial charge in [-0.3, -0.25) is 29.9 Å². The molecule has 1 fully saturated rings. The average molecular weight is 610 g/mol. The van der Waals surface area contributed by atoms with E-state index in [0.717, 1.165) is 11.8 Å². The van der Waals surface area contributed by atoms with Crippen molar-refractivity contribution in [3.63, 3.8) is 0 Å². The fourth-order valence-corrected chi connectivity index (χ4v) is 4.81. The van der Waals surface area contributed by atoms with Crippen molar-refractivity contribution in [1.29, 1.82) is 0 Å². The van der Waals surface area contributed by atoms with Crippen LogP contribution < -0.4 is 4.90 Å². The number of allylic oxidation sites excluding steroid dienone is 3. The van der Waals surface area contributed by atoms with Gasteiger partial charge in [0.25, 0.3) is 17.3 Å². The second kappa shape index (κ2) is 13.0. The molecule has 0 aromatic heterocycles. The smallest absolute Gasteiger partial charge is 0.271 e. The topological polar surface area (TPSA) is 152 Å². The molecular formula is C27H17Cl2N5O6S. The van der Waals surface area contributed by atoms with Crippen LogP contribution in [0.1, 0.15) is 11.1 Å². The molecule has 0 saturated carbocycles. The number of nitro benzene ring substituents is 2. The van der Waals surface area contributed by atoms with Crippen LogP contribution >= 0.6 is 35.0 Å². The van der Waals surface area contributed by atoms with E-state index < -0.39 is 15.8 Å². The second-order valence-corrected chi connectivity index (χ2v) is 10.0. The van der Waals surface area contributed by atoms with Gasteiger partial charge in [0.2, 0.25) is 5.17 Å². The van der Waals surface area contributed by atoms with Gasteiger partial charge in [0.1, 0.15) is 5.75 Å². The molecule has 0 aliphatic carbocycles. The van der Waals surface area contributed by atoms with Crippen molar-refractivity contribution in [1.82, 2.24) is 0 Å². The summed E-state index contributed by atoms with van der Waals surface area (Å²) in [5, 5.41) is 40.0. The maximum absolute atomic E-state index is 13.3. The number of anilines is 1. The highest BCUT2D eigenvalue weighted by Gasteiger charge is 2.35. The molecule has 1 N–H and O–H groups in total. The Bertz CT molecular complexity index is 1650. The molecule has 41 heavy (non-hydrogen) atoms. The molecule has 0 radical (unpaired) electrons. The molecule has 0 atom stereocenters. The zero-order chi connectivity index (χ0) is 29.5. The molecule has 206 valence electrons. The molecule has 0 bridgehead atoms.